The fourth-order valence-corrected chi connectivity index (χ4v) is 2.86. The number of hydrogen-bond acceptors (Lipinski definition) is 5. The van der Waals surface area contributed by atoms with E-state index in [1.807, 2.05) is 59.3 Å². The Hall–Kier alpha value is -3.61. The predicted octanol–water partition coefficient (Wildman–Crippen LogP) is 2.97. The van der Waals surface area contributed by atoms with E-state index in [4.69, 9.17) is 9.26 Å². The van der Waals surface area contributed by atoms with E-state index in [1.54, 1.807) is 13.2 Å². The van der Waals surface area contributed by atoms with Gasteiger partial charge in [0.2, 0.25) is 0 Å². The van der Waals surface area contributed by atoms with E-state index in [0.29, 0.717) is 24.5 Å². The maximum Gasteiger partial charge on any atom is 0.273 e. The molecule has 3 aromatic heterocycles. The summed E-state index contributed by atoms with van der Waals surface area (Å²) >= 11 is 0. The number of ether oxygens (including phenoxy) is 1. The van der Waals surface area contributed by atoms with Crippen molar-refractivity contribution < 1.29 is 14.1 Å². The smallest absolute Gasteiger partial charge is 0.273 e. The third-order valence-corrected chi connectivity index (χ3v) is 4.25. The average Bonchev–Trinajstić information content (AvgIpc) is 3.36. The first-order valence-electron chi connectivity index (χ1n) is 8.55. The standard InChI is InChI=1S/C20H18N4O3/c1-26-16-7-4-5-14(11-16)18-12-17(23-27-18)20(25)21-9-8-19-22-13-15-6-2-3-10-24(15)19/h2-7,10-13H,8-9H2,1H3,(H,21,25). The quantitative estimate of drug-likeness (QED) is 0.570. The lowest BCUT2D eigenvalue weighted by molar-refractivity contribution is 0.0945. The second-order valence-electron chi connectivity index (χ2n) is 5.98. The number of pyridine rings is 1. The summed E-state index contributed by atoms with van der Waals surface area (Å²) in [6.45, 7) is 0.453. The van der Waals surface area contributed by atoms with Crippen molar-refractivity contribution >= 4 is 11.4 Å². The average molecular weight is 362 g/mol. The first kappa shape index (κ1) is 16.8. The van der Waals surface area contributed by atoms with Gasteiger partial charge in [0.15, 0.2) is 11.5 Å². The van der Waals surface area contributed by atoms with Crippen LogP contribution in [0.5, 0.6) is 5.75 Å². The number of benzene rings is 1. The van der Waals surface area contributed by atoms with Crippen LogP contribution in [-0.4, -0.2) is 34.1 Å². The molecule has 27 heavy (non-hydrogen) atoms. The van der Waals surface area contributed by atoms with E-state index >= 15 is 0 Å². The van der Waals surface area contributed by atoms with Crippen molar-refractivity contribution in [3.63, 3.8) is 0 Å². The maximum atomic E-state index is 12.3. The Kier molecular flexibility index (Phi) is 4.57. The predicted molar refractivity (Wildman–Crippen MR) is 99.7 cm³/mol. The highest BCUT2D eigenvalue weighted by Gasteiger charge is 2.14. The molecule has 0 aliphatic heterocycles. The van der Waals surface area contributed by atoms with Crippen molar-refractivity contribution in [1.82, 2.24) is 19.9 Å². The molecule has 1 amide bonds. The molecule has 0 bridgehead atoms. The Balaban J connectivity index is 1.39. The molecule has 7 nitrogen and oxygen atoms in total. The van der Waals surface area contributed by atoms with Crippen LogP contribution in [0.4, 0.5) is 0 Å². The summed E-state index contributed by atoms with van der Waals surface area (Å²) < 4.78 is 12.5. The van der Waals surface area contributed by atoms with Crippen LogP contribution in [0.1, 0.15) is 16.3 Å². The molecule has 0 radical (unpaired) electrons. The van der Waals surface area contributed by atoms with Gasteiger partial charge in [-0.05, 0) is 24.3 Å². The molecule has 0 aliphatic rings. The van der Waals surface area contributed by atoms with E-state index in [-0.39, 0.29) is 11.6 Å². The van der Waals surface area contributed by atoms with Crippen LogP contribution >= 0.6 is 0 Å². The first-order chi connectivity index (χ1) is 13.2. The molecule has 7 heteroatoms. The van der Waals surface area contributed by atoms with E-state index in [1.165, 1.54) is 0 Å². The van der Waals surface area contributed by atoms with Crippen LogP contribution in [0.2, 0.25) is 0 Å². The van der Waals surface area contributed by atoms with Gasteiger partial charge in [-0.25, -0.2) is 4.98 Å². The summed E-state index contributed by atoms with van der Waals surface area (Å²) in [5, 5.41) is 6.71. The van der Waals surface area contributed by atoms with Crippen LogP contribution in [0.25, 0.3) is 16.8 Å². The highest BCUT2D eigenvalue weighted by Crippen LogP contribution is 2.24. The molecule has 136 valence electrons. The molecular weight excluding hydrogens is 344 g/mol. The Morgan fingerprint density at radius 1 is 1.22 bits per heavy atom. The fourth-order valence-electron chi connectivity index (χ4n) is 2.86. The van der Waals surface area contributed by atoms with Gasteiger partial charge in [0.25, 0.3) is 5.91 Å². The van der Waals surface area contributed by atoms with Crippen molar-refractivity contribution in [2.24, 2.45) is 0 Å². The number of aromatic nitrogens is 3. The highest BCUT2D eigenvalue weighted by atomic mass is 16.5. The Labute approximate surface area is 155 Å². The summed E-state index contributed by atoms with van der Waals surface area (Å²) in [4.78, 5) is 16.7. The molecule has 0 saturated carbocycles. The van der Waals surface area contributed by atoms with Crippen LogP contribution in [0, 0.1) is 0 Å². The second kappa shape index (κ2) is 7.33. The molecular formula is C20H18N4O3. The van der Waals surface area contributed by atoms with Gasteiger partial charge in [-0.15, -0.1) is 0 Å². The fraction of sp³-hybridized carbons (Fsp3) is 0.150. The van der Waals surface area contributed by atoms with Gasteiger partial charge in [0.05, 0.1) is 18.8 Å². The number of carbonyl (C=O) groups excluding carboxylic acids is 1. The van der Waals surface area contributed by atoms with Gasteiger partial charge in [-0.2, -0.15) is 0 Å². The molecule has 0 aliphatic carbocycles. The van der Waals surface area contributed by atoms with Gasteiger partial charge >= 0.3 is 0 Å². The van der Waals surface area contributed by atoms with Crippen molar-refractivity contribution in [3.05, 3.63) is 72.4 Å². The van der Waals surface area contributed by atoms with E-state index in [9.17, 15) is 4.79 Å². The summed E-state index contributed by atoms with van der Waals surface area (Å²) in [5.74, 6) is 1.83. The minimum absolute atomic E-state index is 0.237. The maximum absolute atomic E-state index is 12.3. The van der Waals surface area contributed by atoms with Gasteiger partial charge in [0.1, 0.15) is 11.6 Å². The second-order valence-corrected chi connectivity index (χ2v) is 5.98. The summed E-state index contributed by atoms with van der Waals surface area (Å²) in [7, 11) is 1.60. The summed E-state index contributed by atoms with van der Waals surface area (Å²) in [6, 6.07) is 14.9. The number of amides is 1. The Bertz CT molecular complexity index is 1080. The lowest BCUT2D eigenvalue weighted by Crippen LogP contribution is -2.26. The highest BCUT2D eigenvalue weighted by molar-refractivity contribution is 5.93. The molecule has 1 aromatic carbocycles. The lowest BCUT2D eigenvalue weighted by atomic mass is 10.1. The molecule has 0 spiro atoms. The topological polar surface area (TPSA) is 81.7 Å². The number of nitrogens with zero attached hydrogens (tertiary/aromatic N) is 3. The minimum atomic E-state index is -0.284. The van der Waals surface area contributed by atoms with Gasteiger partial charge in [-0.3, -0.25) is 4.79 Å². The molecule has 0 unspecified atom stereocenters. The molecule has 3 heterocycles. The largest absolute Gasteiger partial charge is 0.497 e. The monoisotopic (exact) mass is 362 g/mol. The molecule has 4 aromatic rings. The first-order valence-corrected chi connectivity index (χ1v) is 8.55. The van der Waals surface area contributed by atoms with Gasteiger partial charge in [0, 0.05) is 30.8 Å². The van der Waals surface area contributed by atoms with Crippen molar-refractivity contribution in [2.75, 3.05) is 13.7 Å². The van der Waals surface area contributed by atoms with Crippen molar-refractivity contribution in [1.29, 1.82) is 0 Å². The number of rotatable bonds is 6. The third kappa shape index (κ3) is 3.52. The molecule has 0 fully saturated rings. The molecule has 0 atom stereocenters. The van der Waals surface area contributed by atoms with Crippen LogP contribution in [0.3, 0.4) is 0 Å². The normalized spacial score (nSPS) is 10.9. The third-order valence-electron chi connectivity index (χ3n) is 4.25. The number of fused-ring (bicyclic) bond motifs is 1. The molecule has 1 N–H and O–H groups in total. The van der Waals surface area contributed by atoms with Crippen molar-refractivity contribution in [3.8, 4) is 17.1 Å². The van der Waals surface area contributed by atoms with E-state index in [2.05, 4.69) is 15.5 Å². The van der Waals surface area contributed by atoms with Gasteiger partial charge < -0.3 is 19.0 Å². The number of methoxy groups -OCH3 is 1. The van der Waals surface area contributed by atoms with Crippen molar-refractivity contribution in [2.45, 2.75) is 6.42 Å². The molecule has 0 saturated heterocycles. The SMILES string of the molecule is COc1cccc(-c2cc(C(=O)NCCc3ncc4ccccn34)no2)c1. The zero-order valence-corrected chi connectivity index (χ0v) is 14.8. The minimum Gasteiger partial charge on any atom is -0.497 e. The summed E-state index contributed by atoms with van der Waals surface area (Å²) in [5.41, 5.74) is 2.06. The Morgan fingerprint density at radius 2 is 2.15 bits per heavy atom. The van der Waals surface area contributed by atoms with Crippen LogP contribution < -0.4 is 10.1 Å². The number of hydrogen-bond donors (Lipinski definition) is 1. The number of carbonyl (C=O) groups is 1. The Morgan fingerprint density at radius 3 is 3.04 bits per heavy atom. The lowest BCUT2D eigenvalue weighted by Gasteiger charge is -2.03. The van der Waals surface area contributed by atoms with Gasteiger partial charge in [-0.1, -0.05) is 23.4 Å². The molecule has 4 rings (SSSR count). The summed E-state index contributed by atoms with van der Waals surface area (Å²) in [6.07, 6.45) is 4.39. The van der Waals surface area contributed by atoms with Crippen LogP contribution in [0.15, 0.2) is 65.4 Å². The zero-order chi connectivity index (χ0) is 18.6. The number of nitrogens with one attached hydrogen (secondary N) is 1. The number of imidazole rings is 1. The van der Waals surface area contributed by atoms with Crippen LogP contribution in [-0.2, 0) is 6.42 Å². The van der Waals surface area contributed by atoms with E-state index in [0.717, 1.165) is 16.9 Å². The zero-order valence-electron chi connectivity index (χ0n) is 14.8. The van der Waals surface area contributed by atoms with E-state index < -0.39 is 0 Å².